The van der Waals surface area contributed by atoms with E-state index in [9.17, 15) is 9.90 Å². The molecule has 1 aromatic carbocycles. The smallest absolute Gasteiger partial charge is 0.182 e. The van der Waals surface area contributed by atoms with Crippen molar-refractivity contribution in [3.05, 3.63) is 40.4 Å². The van der Waals surface area contributed by atoms with Crippen LogP contribution in [-0.4, -0.2) is 24.1 Å². The van der Waals surface area contributed by atoms with Crippen molar-refractivity contribution in [1.29, 1.82) is 0 Å². The van der Waals surface area contributed by atoms with E-state index in [-0.39, 0.29) is 11.8 Å². The minimum absolute atomic E-state index is 0.0169. The highest BCUT2D eigenvalue weighted by molar-refractivity contribution is 7.13. The normalized spacial score (nSPS) is 11.4. The molecule has 25 heavy (non-hydrogen) atoms. The second-order valence-electron chi connectivity index (χ2n) is 6.90. The highest BCUT2D eigenvalue weighted by Crippen LogP contribution is 2.32. The predicted molar refractivity (Wildman–Crippen MR) is 99.3 cm³/mol. The first-order valence-corrected chi connectivity index (χ1v) is 9.32. The van der Waals surface area contributed by atoms with Crippen LogP contribution in [0.1, 0.15) is 44.5 Å². The van der Waals surface area contributed by atoms with Crippen molar-refractivity contribution in [3.8, 4) is 5.75 Å². The topological polar surface area (TPSA) is 74.3 Å². The van der Waals surface area contributed by atoms with Gasteiger partial charge in [-0.05, 0) is 29.0 Å². The van der Waals surface area contributed by atoms with Gasteiger partial charge in [0.2, 0.25) is 0 Å². The molecule has 0 amide bonds. The summed E-state index contributed by atoms with van der Waals surface area (Å²) in [6.07, 6.45) is 0.844. The number of ether oxygens (including phenoxy) is 1. The number of thiazole rings is 1. The van der Waals surface area contributed by atoms with Crippen molar-refractivity contribution in [2.75, 3.05) is 18.5 Å². The lowest BCUT2D eigenvalue weighted by molar-refractivity contribution is -0.304. The van der Waals surface area contributed by atoms with Crippen LogP contribution in [0, 0.1) is 0 Å². The first kappa shape index (κ1) is 19.2. The summed E-state index contributed by atoms with van der Waals surface area (Å²) in [6.45, 7) is 9.79. The van der Waals surface area contributed by atoms with Gasteiger partial charge >= 0.3 is 0 Å². The largest absolute Gasteiger partial charge is 0.550 e. The van der Waals surface area contributed by atoms with Gasteiger partial charge in [0, 0.05) is 17.8 Å². The molecule has 1 N–H and O–H groups in total. The zero-order valence-corrected chi connectivity index (χ0v) is 16.0. The summed E-state index contributed by atoms with van der Waals surface area (Å²) in [5.74, 6) is -0.214. The third kappa shape index (κ3) is 5.74. The predicted octanol–water partition coefficient (Wildman–Crippen LogP) is 2.79. The Labute approximate surface area is 153 Å². The Balaban J connectivity index is 1.91. The highest BCUT2D eigenvalue weighted by Gasteiger charge is 2.19. The van der Waals surface area contributed by atoms with E-state index in [1.807, 2.05) is 6.07 Å². The van der Waals surface area contributed by atoms with Crippen molar-refractivity contribution in [3.63, 3.8) is 0 Å². The number of nitrogens with zero attached hydrogens (tertiary/aromatic N) is 1. The number of benzene rings is 1. The lowest BCUT2D eigenvalue weighted by Crippen LogP contribution is -2.24. The fraction of sp³-hybridized carbons (Fsp3) is 0.474. The Morgan fingerprint density at radius 3 is 2.76 bits per heavy atom. The molecule has 0 saturated carbocycles. The van der Waals surface area contributed by atoms with Gasteiger partial charge in [0.15, 0.2) is 5.13 Å². The number of carboxylic acids is 1. The van der Waals surface area contributed by atoms with Gasteiger partial charge in [0.1, 0.15) is 12.4 Å². The summed E-state index contributed by atoms with van der Waals surface area (Å²) < 4.78 is 5.97. The number of carbonyl (C=O) groups is 1. The molecular weight excluding hydrogens is 336 g/mol. The molecule has 0 saturated heterocycles. The number of nitrogens with one attached hydrogen (secondary N) is 1. The van der Waals surface area contributed by atoms with Crippen LogP contribution in [0.15, 0.2) is 23.6 Å². The highest BCUT2D eigenvalue weighted by atomic mass is 32.1. The van der Waals surface area contributed by atoms with Crippen molar-refractivity contribution in [2.45, 2.75) is 46.0 Å². The van der Waals surface area contributed by atoms with Gasteiger partial charge in [-0.25, -0.2) is 4.98 Å². The second-order valence-corrected chi connectivity index (χ2v) is 7.76. The first-order valence-electron chi connectivity index (χ1n) is 8.44. The molecule has 0 aliphatic carbocycles. The van der Waals surface area contributed by atoms with Crippen LogP contribution in [0.5, 0.6) is 5.75 Å². The quantitative estimate of drug-likeness (QED) is 0.732. The number of carbonyl (C=O) groups excluding carboxylic acids is 1. The standard InChI is InChI=1S/C19H26N2O3S/c1-5-13-6-7-16(15(10-13)19(2,3)4)24-9-8-20-18-21-14(12-25-18)11-17(22)23/h6-7,10,12H,5,8-9,11H2,1-4H3,(H,20,21)(H,22,23)/p-1. The summed E-state index contributed by atoms with van der Waals surface area (Å²) in [5.41, 5.74) is 3.04. The van der Waals surface area contributed by atoms with Gasteiger partial charge in [-0.3, -0.25) is 0 Å². The third-order valence-corrected chi connectivity index (χ3v) is 4.62. The first-order chi connectivity index (χ1) is 11.8. The van der Waals surface area contributed by atoms with Crippen molar-refractivity contribution < 1.29 is 14.6 Å². The number of aliphatic carboxylic acids is 1. The maximum Gasteiger partial charge on any atom is 0.182 e. The average molecular weight is 361 g/mol. The van der Waals surface area contributed by atoms with E-state index in [4.69, 9.17) is 4.74 Å². The zero-order valence-electron chi connectivity index (χ0n) is 15.2. The van der Waals surface area contributed by atoms with Gasteiger partial charge in [0.05, 0.1) is 12.2 Å². The van der Waals surface area contributed by atoms with E-state index >= 15 is 0 Å². The fourth-order valence-electron chi connectivity index (χ4n) is 2.45. The molecule has 0 fully saturated rings. The summed E-state index contributed by atoms with van der Waals surface area (Å²) in [6, 6.07) is 6.36. The van der Waals surface area contributed by atoms with Crippen molar-refractivity contribution >= 4 is 22.4 Å². The Morgan fingerprint density at radius 2 is 2.12 bits per heavy atom. The molecule has 6 heteroatoms. The van der Waals surface area contributed by atoms with Crippen LogP contribution < -0.4 is 15.2 Å². The van der Waals surface area contributed by atoms with Crippen molar-refractivity contribution in [2.24, 2.45) is 0 Å². The Morgan fingerprint density at radius 1 is 1.36 bits per heavy atom. The maximum absolute atomic E-state index is 10.6. The van der Waals surface area contributed by atoms with E-state index in [0.29, 0.717) is 24.0 Å². The Hall–Kier alpha value is -2.08. The zero-order chi connectivity index (χ0) is 18.4. The van der Waals surface area contributed by atoms with Crippen LogP contribution >= 0.6 is 11.3 Å². The van der Waals surface area contributed by atoms with Crippen LogP contribution in [0.4, 0.5) is 5.13 Å². The Bertz CT molecular complexity index is 720. The number of carboxylic acid groups (broad SMARTS) is 1. The molecule has 1 aromatic heterocycles. The molecule has 0 radical (unpaired) electrons. The van der Waals surface area contributed by atoms with E-state index in [0.717, 1.165) is 12.2 Å². The SMILES string of the molecule is CCc1ccc(OCCNc2nc(CC(=O)[O-])cs2)c(C(C)(C)C)c1. The minimum atomic E-state index is -1.12. The molecule has 1 heterocycles. The van der Waals surface area contributed by atoms with Crippen molar-refractivity contribution in [1.82, 2.24) is 4.98 Å². The van der Waals surface area contributed by atoms with Gasteiger partial charge < -0.3 is 20.0 Å². The van der Waals surface area contributed by atoms with Gasteiger partial charge in [-0.15, -0.1) is 11.3 Å². The fourth-order valence-corrected chi connectivity index (χ4v) is 3.18. The Kier molecular flexibility index (Phi) is 6.42. The lowest BCUT2D eigenvalue weighted by Gasteiger charge is -2.23. The number of rotatable bonds is 8. The molecule has 0 atom stereocenters. The van der Waals surface area contributed by atoms with Gasteiger partial charge in [0.25, 0.3) is 0 Å². The molecule has 0 bridgehead atoms. The van der Waals surface area contributed by atoms with E-state index in [2.05, 4.69) is 50.1 Å². The molecule has 2 aromatic rings. The van der Waals surface area contributed by atoms with E-state index < -0.39 is 5.97 Å². The van der Waals surface area contributed by atoms with Crippen LogP contribution in [0.25, 0.3) is 0 Å². The number of aryl methyl sites for hydroxylation is 1. The number of hydrogen-bond acceptors (Lipinski definition) is 6. The monoisotopic (exact) mass is 361 g/mol. The van der Waals surface area contributed by atoms with Gasteiger partial charge in [-0.2, -0.15) is 0 Å². The van der Waals surface area contributed by atoms with Crippen LogP contribution in [0.2, 0.25) is 0 Å². The van der Waals surface area contributed by atoms with E-state index in [1.54, 1.807) is 5.38 Å². The second kappa shape index (κ2) is 8.34. The lowest BCUT2D eigenvalue weighted by atomic mass is 9.85. The third-order valence-electron chi connectivity index (χ3n) is 3.77. The number of hydrogen-bond donors (Lipinski definition) is 1. The number of anilines is 1. The summed E-state index contributed by atoms with van der Waals surface area (Å²) in [7, 11) is 0. The van der Waals surface area contributed by atoms with Crippen LogP contribution in [0.3, 0.4) is 0 Å². The maximum atomic E-state index is 10.6. The number of aromatic nitrogens is 1. The summed E-state index contributed by atoms with van der Waals surface area (Å²) in [4.78, 5) is 14.8. The molecule has 0 unspecified atom stereocenters. The van der Waals surface area contributed by atoms with Crippen LogP contribution in [-0.2, 0) is 23.1 Å². The molecule has 136 valence electrons. The van der Waals surface area contributed by atoms with Gasteiger partial charge in [-0.1, -0.05) is 39.8 Å². The molecule has 0 aliphatic rings. The molecular formula is C19H25N2O3S-. The molecule has 5 nitrogen and oxygen atoms in total. The average Bonchev–Trinajstić information content (AvgIpc) is 2.97. The van der Waals surface area contributed by atoms with E-state index in [1.165, 1.54) is 22.5 Å². The molecule has 0 spiro atoms. The molecule has 2 rings (SSSR count). The summed E-state index contributed by atoms with van der Waals surface area (Å²) >= 11 is 1.38. The minimum Gasteiger partial charge on any atom is -0.550 e. The summed E-state index contributed by atoms with van der Waals surface area (Å²) in [5, 5.41) is 16.1. The molecule has 0 aliphatic heterocycles.